The van der Waals surface area contributed by atoms with Gasteiger partial charge in [0.2, 0.25) is 0 Å². The van der Waals surface area contributed by atoms with E-state index in [9.17, 15) is 9.90 Å². The van der Waals surface area contributed by atoms with E-state index in [1.165, 1.54) is 0 Å². The molecule has 0 saturated carbocycles. The van der Waals surface area contributed by atoms with Gasteiger partial charge in [-0.25, -0.2) is 9.78 Å². The number of carbonyl (C=O) groups is 1. The van der Waals surface area contributed by atoms with Crippen molar-refractivity contribution < 1.29 is 9.90 Å². The highest BCUT2D eigenvalue weighted by molar-refractivity contribution is 5.74. The summed E-state index contributed by atoms with van der Waals surface area (Å²) < 4.78 is 0. The van der Waals surface area contributed by atoms with Crippen molar-refractivity contribution in [2.75, 3.05) is 32.1 Å². The molecule has 2 N–H and O–H groups in total. The van der Waals surface area contributed by atoms with Crippen LogP contribution in [0.25, 0.3) is 0 Å². The van der Waals surface area contributed by atoms with Crippen LogP contribution in [0.15, 0.2) is 48.5 Å². The van der Waals surface area contributed by atoms with E-state index < -0.39 is 0 Å². The molecule has 0 unspecified atom stereocenters. The Balaban J connectivity index is 1.96. The second-order valence-corrected chi connectivity index (χ2v) is 5.67. The van der Waals surface area contributed by atoms with Crippen LogP contribution in [-0.2, 0) is 13.1 Å². The topological polar surface area (TPSA) is 68.7 Å². The van der Waals surface area contributed by atoms with Gasteiger partial charge in [0.05, 0.1) is 18.8 Å². The summed E-state index contributed by atoms with van der Waals surface area (Å²) in [5, 5.41) is 12.1. The van der Waals surface area contributed by atoms with Gasteiger partial charge in [-0.3, -0.25) is 0 Å². The Morgan fingerprint density at radius 1 is 1.12 bits per heavy atom. The number of anilines is 1. The molecule has 0 aliphatic heterocycles. The fourth-order valence-corrected chi connectivity index (χ4v) is 2.27. The number of benzene rings is 1. The van der Waals surface area contributed by atoms with Crippen molar-refractivity contribution in [1.29, 1.82) is 0 Å². The van der Waals surface area contributed by atoms with Crippen molar-refractivity contribution in [3.8, 4) is 0 Å². The highest BCUT2D eigenvalue weighted by Gasteiger charge is 2.13. The Labute approximate surface area is 142 Å². The fraction of sp³-hybridized carbons (Fsp3) is 0.333. The van der Waals surface area contributed by atoms with Gasteiger partial charge in [-0.2, -0.15) is 0 Å². The summed E-state index contributed by atoms with van der Waals surface area (Å²) >= 11 is 0. The first-order chi connectivity index (χ1) is 11.6. The molecule has 1 aromatic heterocycles. The molecule has 1 aromatic carbocycles. The molecule has 1 heterocycles. The maximum absolute atomic E-state index is 12.4. The lowest BCUT2D eigenvalue weighted by molar-refractivity contribution is 0.173. The maximum atomic E-state index is 12.4. The summed E-state index contributed by atoms with van der Waals surface area (Å²) in [5.41, 5.74) is 1.81. The van der Waals surface area contributed by atoms with E-state index in [1.807, 2.05) is 67.5 Å². The average molecular weight is 328 g/mol. The second-order valence-electron chi connectivity index (χ2n) is 5.67. The molecule has 0 bridgehead atoms. The normalized spacial score (nSPS) is 10.3. The van der Waals surface area contributed by atoms with Crippen LogP contribution in [0.2, 0.25) is 0 Å². The molecular weight excluding hydrogens is 304 g/mol. The molecule has 0 radical (unpaired) electrons. The zero-order chi connectivity index (χ0) is 17.4. The van der Waals surface area contributed by atoms with Crippen molar-refractivity contribution in [3.63, 3.8) is 0 Å². The van der Waals surface area contributed by atoms with Gasteiger partial charge in [0.25, 0.3) is 0 Å². The van der Waals surface area contributed by atoms with Crippen molar-refractivity contribution in [2.45, 2.75) is 13.1 Å². The van der Waals surface area contributed by atoms with Gasteiger partial charge in [0.15, 0.2) is 0 Å². The second kappa shape index (κ2) is 8.88. The van der Waals surface area contributed by atoms with Crippen LogP contribution in [0, 0.1) is 0 Å². The first kappa shape index (κ1) is 17.7. The fourth-order valence-electron chi connectivity index (χ4n) is 2.27. The summed E-state index contributed by atoms with van der Waals surface area (Å²) in [6.07, 6.45) is 0. The van der Waals surface area contributed by atoms with E-state index in [0.717, 1.165) is 17.1 Å². The molecule has 0 spiro atoms. The van der Waals surface area contributed by atoms with E-state index in [0.29, 0.717) is 13.1 Å². The number of aromatic nitrogens is 1. The van der Waals surface area contributed by atoms with Gasteiger partial charge in [0, 0.05) is 27.2 Å². The third-order valence-electron chi connectivity index (χ3n) is 3.54. The molecule has 2 rings (SSSR count). The van der Waals surface area contributed by atoms with E-state index in [-0.39, 0.29) is 19.2 Å². The Kier molecular flexibility index (Phi) is 6.57. The molecule has 2 aromatic rings. The number of rotatable bonds is 7. The molecule has 6 nitrogen and oxygen atoms in total. The third-order valence-corrected chi connectivity index (χ3v) is 3.54. The highest BCUT2D eigenvalue weighted by Crippen LogP contribution is 2.08. The van der Waals surface area contributed by atoms with Gasteiger partial charge >= 0.3 is 6.03 Å². The van der Waals surface area contributed by atoms with E-state index in [4.69, 9.17) is 0 Å². The lowest BCUT2D eigenvalue weighted by Gasteiger charge is -2.22. The predicted octanol–water partition coefficient (Wildman–Crippen LogP) is 1.85. The summed E-state index contributed by atoms with van der Waals surface area (Å²) in [7, 11) is 3.85. The predicted molar refractivity (Wildman–Crippen MR) is 94.7 cm³/mol. The van der Waals surface area contributed by atoms with Gasteiger partial charge in [0.1, 0.15) is 5.82 Å². The van der Waals surface area contributed by atoms with Gasteiger partial charge < -0.3 is 20.2 Å². The SMILES string of the molecule is CN(C)c1cccc(CNC(=O)N(CCO)Cc2ccccc2)n1. The number of amides is 2. The number of hydrogen-bond donors (Lipinski definition) is 2. The monoisotopic (exact) mass is 328 g/mol. The average Bonchev–Trinajstić information content (AvgIpc) is 2.60. The number of carbonyl (C=O) groups excluding carboxylic acids is 1. The van der Waals surface area contributed by atoms with Gasteiger partial charge in [-0.1, -0.05) is 36.4 Å². The van der Waals surface area contributed by atoms with E-state index in [2.05, 4.69) is 10.3 Å². The number of nitrogens with zero attached hydrogens (tertiary/aromatic N) is 3. The summed E-state index contributed by atoms with van der Waals surface area (Å²) in [6, 6.07) is 15.2. The first-order valence-corrected chi connectivity index (χ1v) is 7.91. The van der Waals surface area contributed by atoms with Crippen LogP contribution >= 0.6 is 0 Å². The quantitative estimate of drug-likeness (QED) is 0.814. The number of urea groups is 1. The lowest BCUT2D eigenvalue weighted by atomic mass is 10.2. The minimum atomic E-state index is -0.218. The molecule has 0 saturated heterocycles. The summed E-state index contributed by atoms with van der Waals surface area (Å²) in [4.78, 5) is 20.4. The molecule has 24 heavy (non-hydrogen) atoms. The van der Waals surface area contributed by atoms with Crippen LogP contribution < -0.4 is 10.2 Å². The molecule has 2 amide bonds. The minimum Gasteiger partial charge on any atom is -0.395 e. The zero-order valence-electron chi connectivity index (χ0n) is 14.1. The van der Waals surface area contributed by atoms with Crippen LogP contribution in [0.1, 0.15) is 11.3 Å². The van der Waals surface area contributed by atoms with Crippen LogP contribution in [0.3, 0.4) is 0 Å². The van der Waals surface area contributed by atoms with E-state index in [1.54, 1.807) is 4.90 Å². The number of aliphatic hydroxyl groups is 1. The van der Waals surface area contributed by atoms with Crippen molar-refractivity contribution in [2.24, 2.45) is 0 Å². The molecular formula is C18H24N4O2. The molecule has 0 atom stereocenters. The highest BCUT2D eigenvalue weighted by atomic mass is 16.3. The Bertz CT molecular complexity index is 646. The number of aliphatic hydroxyl groups excluding tert-OH is 1. The Morgan fingerprint density at radius 2 is 1.88 bits per heavy atom. The maximum Gasteiger partial charge on any atom is 0.318 e. The van der Waals surface area contributed by atoms with Crippen molar-refractivity contribution >= 4 is 11.8 Å². The third kappa shape index (κ3) is 5.24. The molecule has 0 aliphatic carbocycles. The first-order valence-electron chi connectivity index (χ1n) is 7.91. The Hall–Kier alpha value is -2.60. The standard InChI is InChI=1S/C18H24N4O2/c1-21(2)17-10-6-9-16(20-17)13-19-18(24)22(11-12-23)14-15-7-4-3-5-8-15/h3-10,23H,11-14H2,1-2H3,(H,19,24). The smallest absolute Gasteiger partial charge is 0.318 e. The van der Waals surface area contributed by atoms with Gasteiger partial charge in [-0.15, -0.1) is 0 Å². The van der Waals surface area contributed by atoms with Crippen molar-refractivity contribution in [1.82, 2.24) is 15.2 Å². The van der Waals surface area contributed by atoms with Gasteiger partial charge in [-0.05, 0) is 17.7 Å². The zero-order valence-corrected chi connectivity index (χ0v) is 14.1. The van der Waals surface area contributed by atoms with Crippen molar-refractivity contribution in [3.05, 3.63) is 59.8 Å². The number of hydrogen-bond acceptors (Lipinski definition) is 4. The molecule has 128 valence electrons. The lowest BCUT2D eigenvalue weighted by Crippen LogP contribution is -2.40. The molecule has 6 heteroatoms. The van der Waals surface area contributed by atoms with Crippen LogP contribution in [-0.4, -0.2) is 48.3 Å². The van der Waals surface area contributed by atoms with E-state index >= 15 is 0 Å². The summed E-state index contributed by atoms with van der Waals surface area (Å²) in [5.74, 6) is 0.846. The molecule has 0 aliphatic rings. The van der Waals surface area contributed by atoms with Crippen LogP contribution in [0.5, 0.6) is 0 Å². The minimum absolute atomic E-state index is 0.0748. The summed E-state index contributed by atoms with van der Waals surface area (Å²) in [6.45, 7) is 1.01. The Morgan fingerprint density at radius 3 is 2.54 bits per heavy atom. The van der Waals surface area contributed by atoms with Crippen LogP contribution in [0.4, 0.5) is 10.6 Å². The molecule has 0 fully saturated rings. The largest absolute Gasteiger partial charge is 0.395 e. The number of nitrogens with one attached hydrogen (secondary N) is 1. The number of pyridine rings is 1.